The van der Waals surface area contributed by atoms with Crippen LogP contribution < -0.4 is 10.5 Å². The van der Waals surface area contributed by atoms with Gasteiger partial charge in [-0.05, 0) is 43.2 Å². The number of hydrogen-bond donors (Lipinski definition) is 1. The molecule has 1 unspecified atom stereocenters. The van der Waals surface area contributed by atoms with Crippen molar-refractivity contribution in [2.45, 2.75) is 19.4 Å². The summed E-state index contributed by atoms with van der Waals surface area (Å²) in [6.45, 7) is 2.01. The van der Waals surface area contributed by atoms with Crippen molar-refractivity contribution >= 4 is 10.9 Å². The maximum atomic E-state index is 5.85. The summed E-state index contributed by atoms with van der Waals surface area (Å²) in [4.78, 5) is 4.39. The molecule has 0 amide bonds. The monoisotopic (exact) mass is 278 g/mol. The molecule has 2 N–H and O–H groups in total. The van der Waals surface area contributed by atoms with Crippen LogP contribution in [-0.4, -0.2) is 11.0 Å². The minimum atomic E-state index is 0.168. The summed E-state index contributed by atoms with van der Waals surface area (Å²) in [6.07, 6.45) is 2.62. The van der Waals surface area contributed by atoms with Gasteiger partial charge in [-0.2, -0.15) is 0 Å². The first kappa shape index (κ1) is 13.6. The SMILES string of the molecule is CC(N)Cc1ccc(Oc2cnc3ccccc3c2)cc1. The molecule has 3 aromatic rings. The molecule has 0 aliphatic rings. The lowest BCUT2D eigenvalue weighted by Crippen LogP contribution is -2.17. The molecule has 0 aliphatic carbocycles. The van der Waals surface area contributed by atoms with Gasteiger partial charge >= 0.3 is 0 Å². The van der Waals surface area contributed by atoms with Crippen LogP contribution in [0, 0.1) is 0 Å². The van der Waals surface area contributed by atoms with E-state index in [0.717, 1.165) is 28.8 Å². The molecule has 0 aliphatic heterocycles. The number of pyridine rings is 1. The second-order valence-corrected chi connectivity index (χ2v) is 5.29. The van der Waals surface area contributed by atoms with Crippen molar-refractivity contribution in [1.82, 2.24) is 4.98 Å². The van der Waals surface area contributed by atoms with Gasteiger partial charge in [-0.25, -0.2) is 0 Å². The smallest absolute Gasteiger partial charge is 0.146 e. The maximum Gasteiger partial charge on any atom is 0.146 e. The molecule has 21 heavy (non-hydrogen) atoms. The Bertz CT molecular complexity index is 736. The van der Waals surface area contributed by atoms with E-state index in [0.29, 0.717) is 0 Å². The van der Waals surface area contributed by atoms with E-state index in [-0.39, 0.29) is 6.04 Å². The molecule has 1 heterocycles. The Hall–Kier alpha value is -2.39. The zero-order valence-electron chi connectivity index (χ0n) is 12.0. The van der Waals surface area contributed by atoms with Gasteiger partial charge in [0.2, 0.25) is 0 Å². The van der Waals surface area contributed by atoms with Gasteiger partial charge in [-0.1, -0.05) is 30.3 Å². The van der Waals surface area contributed by atoms with Crippen molar-refractivity contribution in [3.05, 3.63) is 66.4 Å². The van der Waals surface area contributed by atoms with Crippen molar-refractivity contribution in [2.24, 2.45) is 5.73 Å². The van der Waals surface area contributed by atoms with Crippen LogP contribution in [0.15, 0.2) is 60.8 Å². The summed E-state index contributed by atoms with van der Waals surface area (Å²) in [5.74, 6) is 1.55. The van der Waals surface area contributed by atoms with Crippen molar-refractivity contribution in [3.8, 4) is 11.5 Å². The summed E-state index contributed by atoms with van der Waals surface area (Å²) in [6, 6.07) is 18.2. The normalized spacial score (nSPS) is 12.3. The van der Waals surface area contributed by atoms with Gasteiger partial charge in [-0.15, -0.1) is 0 Å². The zero-order valence-corrected chi connectivity index (χ0v) is 12.0. The molecule has 0 saturated carbocycles. The van der Waals surface area contributed by atoms with Crippen LogP contribution in [0.25, 0.3) is 10.9 Å². The van der Waals surface area contributed by atoms with Crippen LogP contribution in [0.5, 0.6) is 11.5 Å². The fourth-order valence-corrected chi connectivity index (χ4v) is 2.31. The number of nitrogens with two attached hydrogens (primary N) is 1. The standard InChI is InChI=1S/C18H18N2O/c1-13(19)10-14-6-8-16(9-7-14)21-17-11-15-4-2-3-5-18(15)20-12-17/h2-9,11-13H,10,19H2,1H3. The Balaban J connectivity index is 1.78. The molecule has 1 atom stereocenters. The molecule has 0 radical (unpaired) electrons. The first-order valence-electron chi connectivity index (χ1n) is 7.08. The molecule has 1 aromatic heterocycles. The van der Waals surface area contributed by atoms with Crippen LogP contribution in [0.2, 0.25) is 0 Å². The van der Waals surface area contributed by atoms with Crippen LogP contribution in [0.4, 0.5) is 0 Å². The van der Waals surface area contributed by atoms with E-state index < -0.39 is 0 Å². The minimum absolute atomic E-state index is 0.168. The molecule has 3 nitrogen and oxygen atoms in total. The second kappa shape index (κ2) is 5.94. The zero-order chi connectivity index (χ0) is 14.7. The highest BCUT2D eigenvalue weighted by atomic mass is 16.5. The largest absolute Gasteiger partial charge is 0.456 e. The van der Waals surface area contributed by atoms with Gasteiger partial charge in [-0.3, -0.25) is 4.98 Å². The Labute approximate surface area is 124 Å². The number of rotatable bonds is 4. The quantitative estimate of drug-likeness (QED) is 0.787. The fourth-order valence-electron chi connectivity index (χ4n) is 2.31. The first-order chi connectivity index (χ1) is 10.2. The predicted molar refractivity (Wildman–Crippen MR) is 85.6 cm³/mol. The van der Waals surface area contributed by atoms with Gasteiger partial charge in [0, 0.05) is 11.4 Å². The Morgan fingerprint density at radius 3 is 2.57 bits per heavy atom. The van der Waals surface area contributed by atoms with E-state index in [9.17, 15) is 0 Å². The summed E-state index contributed by atoms with van der Waals surface area (Å²) >= 11 is 0. The molecule has 0 fully saturated rings. The van der Waals surface area contributed by atoms with Crippen LogP contribution >= 0.6 is 0 Å². The van der Waals surface area contributed by atoms with E-state index >= 15 is 0 Å². The maximum absolute atomic E-state index is 5.85. The van der Waals surface area contributed by atoms with Crippen LogP contribution in [-0.2, 0) is 6.42 Å². The topological polar surface area (TPSA) is 48.1 Å². The molecule has 106 valence electrons. The average molecular weight is 278 g/mol. The fraction of sp³-hybridized carbons (Fsp3) is 0.167. The molecule has 0 bridgehead atoms. The minimum Gasteiger partial charge on any atom is -0.456 e. The van der Waals surface area contributed by atoms with Gasteiger partial charge in [0.1, 0.15) is 11.5 Å². The summed E-state index contributed by atoms with van der Waals surface area (Å²) < 4.78 is 5.85. The Morgan fingerprint density at radius 2 is 1.81 bits per heavy atom. The third kappa shape index (κ3) is 3.38. The van der Waals surface area contributed by atoms with Crippen molar-refractivity contribution < 1.29 is 4.74 Å². The molecule has 0 saturated heterocycles. The lowest BCUT2D eigenvalue weighted by Gasteiger charge is -2.08. The van der Waals surface area contributed by atoms with Gasteiger partial charge in [0.25, 0.3) is 0 Å². The van der Waals surface area contributed by atoms with E-state index in [1.165, 1.54) is 5.56 Å². The number of ether oxygens (including phenoxy) is 1. The van der Waals surface area contributed by atoms with Crippen LogP contribution in [0.1, 0.15) is 12.5 Å². The Kier molecular flexibility index (Phi) is 3.84. The van der Waals surface area contributed by atoms with Gasteiger partial charge in [0.05, 0.1) is 11.7 Å². The molecular weight excluding hydrogens is 260 g/mol. The van der Waals surface area contributed by atoms with Gasteiger partial charge < -0.3 is 10.5 Å². The highest BCUT2D eigenvalue weighted by Crippen LogP contribution is 2.24. The van der Waals surface area contributed by atoms with Crippen LogP contribution in [0.3, 0.4) is 0 Å². The van der Waals surface area contributed by atoms with E-state index in [2.05, 4.69) is 4.98 Å². The number of para-hydroxylation sites is 1. The predicted octanol–water partition coefficient (Wildman–Crippen LogP) is 3.92. The van der Waals surface area contributed by atoms with E-state index in [1.807, 2.05) is 61.5 Å². The summed E-state index contributed by atoms with van der Waals surface area (Å²) in [5.41, 5.74) is 7.99. The lowest BCUT2D eigenvalue weighted by molar-refractivity contribution is 0.481. The van der Waals surface area contributed by atoms with Crippen molar-refractivity contribution in [1.29, 1.82) is 0 Å². The highest BCUT2D eigenvalue weighted by Gasteiger charge is 2.02. The number of aromatic nitrogens is 1. The number of nitrogens with zero attached hydrogens (tertiary/aromatic N) is 1. The molecule has 0 spiro atoms. The molecule has 3 rings (SSSR count). The van der Waals surface area contributed by atoms with E-state index in [1.54, 1.807) is 6.20 Å². The number of fused-ring (bicyclic) bond motifs is 1. The van der Waals surface area contributed by atoms with Gasteiger partial charge in [0.15, 0.2) is 0 Å². The number of benzene rings is 2. The third-order valence-electron chi connectivity index (χ3n) is 3.28. The highest BCUT2D eigenvalue weighted by molar-refractivity contribution is 5.79. The second-order valence-electron chi connectivity index (χ2n) is 5.29. The first-order valence-corrected chi connectivity index (χ1v) is 7.08. The van der Waals surface area contributed by atoms with Crippen molar-refractivity contribution in [2.75, 3.05) is 0 Å². The number of hydrogen-bond acceptors (Lipinski definition) is 3. The Morgan fingerprint density at radius 1 is 1.05 bits per heavy atom. The third-order valence-corrected chi connectivity index (χ3v) is 3.28. The molecule has 2 aromatic carbocycles. The summed E-state index contributed by atoms with van der Waals surface area (Å²) in [7, 11) is 0. The van der Waals surface area contributed by atoms with Crippen molar-refractivity contribution in [3.63, 3.8) is 0 Å². The lowest BCUT2D eigenvalue weighted by atomic mass is 10.1. The molecular formula is C18H18N2O. The average Bonchev–Trinajstić information content (AvgIpc) is 2.49. The van der Waals surface area contributed by atoms with E-state index in [4.69, 9.17) is 10.5 Å². The molecule has 3 heteroatoms. The summed E-state index contributed by atoms with van der Waals surface area (Å²) in [5, 5.41) is 1.07.